The van der Waals surface area contributed by atoms with E-state index in [9.17, 15) is 10.0 Å². The SMILES string of the molecule is O=C(Nc1ccc(-c2cnn(C3CCc4cc(-c5c(-n6cnnn6)ccc(Cl)c5F)c[n+]([O-])c43)c2)cc1)C1CC1. The molecule has 1 amide bonds. The molecule has 1 atom stereocenters. The fourth-order valence-corrected chi connectivity index (χ4v) is 5.45. The molecule has 0 spiro atoms. The Labute approximate surface area is 232 Å². The number of hydrogen-bond donors (Lipinski definition) is 1. The van der Waals surface area contributed by atoms with Crippen molar-refractivity contribution in [3.05, 3.63) is 94.7 Å². The zero-order chi connectivity index (χ0) is 27.4. The van der Waals surface area contributed by atoms with E-state index < -0.39 is 5.82 Å². The number of rotatable bonds is 6. The number of hydrogen-bond acceptors (Lipinski definition) is 6. The Hall–Kier alpha value is -4.64. The van der Waals surface area contributed by atoms with Crippen LogP contribution in [0.5, 0.6) is 0 Å². The van der Waals surface area contributed by atoms with Gasteiger partial charge in [0.25, 0.3) is 0 Å². The third-order valence-electron chi connectivity index (χ3n) is 7.47. The maximum Gasteiger partial charge on any atom is 0.227 e. The lowest BCUT2D eigenvalue weighted by atomic mass is 10.0. The van der Waals surface area contributed by atoms with Crippen LogP contribution in [-0.2, 0) is 11.2 Å². The highest BCUT2D eigenvalue weighted by Gasteiger charge is 2.34. The number of pyridine rings is 1. The lowest BCUT2D eigenvalue weighted by molar-refractivity contribution is -0.615. The molecule has 5 aromatic rings. The van der Waals surface area contributed by atoms with Crippen LogP contribution in [0, 0.1) is 16.9 Å². The molecule has 7 rings (SSSR count). The van der Waals surface area contributed by atoms with Crippen molar-refractivity contribution in [1.82, 2.24) is 30.0 Å². The lowest BCUT2D eigenvalue weighted by Crippen LogP contribution is -2.34. The van der Waals surface area contributed by atoms with Gasteiger partial charge in [-0.15, -0.1) is 5.10 Å². The van der Waals surface area contributed by atoms with E-state index in [1.54, 1.807) is 16.9 Å². The molecule has 3 heterocycles. The molecule has 0 aliphatic heterocycles. The van der Waals surface area contributed by atoms with E-state index in [1.165, 1.54) is 23.3 Å². The number of carbonyl (C=O) groups is 1. The number of aryl methyl sites for hydroxylation is 1. The molecule has 1 N–H and O–H groups in total. The molecule has 3 aromatic heterocycles. The number of carbonyl (C=O) groups excluding carboxylic acids is 1. The number of nitrogens with zero attached hydrogens (tertiary/aromatic N) is 7. The molecular weight excluding hydrogens is 535 g/mol. The standard InChI is InChI=1S/C28H22ClFN8O2/c29-22-8-10-23(37-15-31-34-35-37)25(26(22)30)19-11-18-5-9-24(27(18)38(40)14-19)36-13-20(12-32-36)16-3-6-21(7-4-16)33-28(39)17-1-2-17/h3-4,6-8,10-15,17,24H,1-2,5,9H2,(H,33,39). The number of anilines is 1. The zero-order valence-corrected chi connectivity index (χ0v) is 21.8. The molecule has 1 fully saturated rings. The summed E-state index contributed by atoms with van der Waals surface area (Å²) < 4.78 is 19.2. The molecule has 2 aromatic carbocycles. The highest BCUT2D eigenvalue weighted by molar-refractivity contribution is 6.31. The van der Waals surface area contributed by atoms with Crippen molar-refractivity contribution < 1.29 is 13.9 Å². The number of aromatic nitrogens is 7. The van der Waals surface area contributed by atoms with E-state index >= 15 is 4.39 Å². The molecule has 12 heteroatoms. The van der Waals surface area contributed by atoms with Crippen LogP contribution in [-0.4, -0.2) is 35.9 Å². The highest BCUT2D eigenvalue weighted by Crippen LogP contribution is 2.38. The van der Waals surface area contributed by atoms with Gasteiger partial charge >= 0.3 is 0 Å². The lowest BCUT2D eigenvalue weighted by Gasteiger charge is -2.15. The maximum atomic E-state index is 15.3. The summed E-state index contributed by atoms with van der Waals surface area (Å²) in [7, 11) is 0. The summed E-state index contributed by atoms with van der Waals surface area (Å²) in [4.78, 5) is 12.0. The molecule has 0 radical (unpaired) electrons. The Morgan fingerprint density at radius 1 is 1.10 bits per heavy atom. The highest BCUT2D eigenvalue weighted by atomic mass is 35.5. The Morgan fingerprint density at radius 3 is 2.67 bits per heavy atom. The Morgan fingerprint density at radius 2 is 1.93 bits per heavy atom. The van der Waals surface area contributed by atoms with Crippen LogP contribution in [0.1, 0.15) is 36.6 Å². The molecule has 2 aliphatic rings. The summed E-state index contributed by atoms with van der Waals surface area (Å²) in [6, 6.07) is 12.2. The minimum Gasteiger partial charge on any atom is -0.618 e. The number of tetrazole rings is 1. The average molecular weight is 557 g/mol. The maximum absolute atomic E-state index is 15.3. The van der Waals surface area contributed by atoms with Gasteiger partial charge < -0.3 is 10.5 Å². The largest absolute Gasteiger partial charge is 0.618 e. The van der Waals surface area contributed by atoms with Crippen molar-refractivity contribution in [2.45, 2.75) is 31.7 Å². The van der Waals surface area contributed by atoms with E-state index in [0.717, 1.165) is 39.9 Å². The van der Waals surface area contributed by atoms with Crippen LogP contribution < -0.4 is 10.0 Å². The monoisotopic (exact) mass is 556 g/mol. The summed E-state index contributed by atoms with van der Waals surface area (Å²) in [5, 5.41) is 32.0. The quantitative estimate of drug-likeness (QED) is 0.243. The van der Waals surface area contributed by atoms with Crippen molar-refractivity contribution in [2.75, 3.05) is 5.32 Å². The summed E-state index contributed by atoms with van der Waals surface area (Å²) in [6.07, 6.45) is 9.60. The van der Waals surface area contributed by atoms with E-state index in [4.69, 9.17) is 11.6 Å². The minimum absolute atomic E-state index is 0.0648. The number of amides is 1. The van der Waals surface area contributed by atoms with Crippen molar-refractivity contribution in [3.63, 3.8) is 0 Å². The Bertz CT molecular complexity index is 1750. The van der Waals surface area contributed by atoms with E-state index in [0.29, 0.717) is 29.8 Å². The zero-order valence-electron chi connectivity index (χ0n) is 21.0. The van der Waals surface area contributed by atoms with Crippen LogP contribution in [0.4, 0.5) is 10.1 Å². The number of fused-ring (bicyclic) bond motifs is 1. The average Bonchev–Trinajstić information content (AvgIpc) is 3.31. The van der Waals surface area contributed by atoms with Gasteiger partial charge in [0.15, 0.2) is 12.0 Å². The van der Waals surface area contributed by atoms with Gasteiger partial charge in [-0.1, -0.05) is 23.7 Å². The summed E-state index contributed by atoms with van der Waals surface area (Å²) in [5.41, 5.74) is 4.90. The second-order valence-corrected chi connectivity index (χ2v) is 10.5. The molecule has 200 valence electrons. The fraction of sp³-hybridized carbons (Fsp3) is 0.214. The van der Waals surface area contributed by atoms with Gasteiger partial charge in [0.2, 0.25) is 11.6 Å². The van der Waals surface area contributed by atoms with Crippen LogP contribution in [0.3, 0.4) is 0 Å². The number of halogens is 2. The molecule has 40 heavy (non-hydrogen) atoms. The molecule has 1 unspecified atom stereocenters. The minimum atomic E-state index is -0.654. The molecule has 0 saturated heterocycles. The van der Waals surface area contributed by atoms with Crippen LogP contribution in [0.2, 0.25) is 5.02 Å². The first-order valence-electron chi connectivity index (χ1n) is 12.9. The van der Waals surface area contributed by atoms with Gasteiger partial charge in [-0.25, -0.2) is 4.39 Å². The summed E-state index contributed by atoms with van der Waals surface area (Å²) in [6.45, 7) is 0. The predicted molar refractivity (Wildman–Crippen MR) is 144 cm³/mol. The van der Waals surface area contributed by atoms with Crippen LogP contribution in [0.15, 0.2) is 67.4 Å². The molecule has 2 aliphatic carbocycles. The second-order valence-electron chi connectivity index (χ2n) is 10.1. The third-order valence-corrected chi connectivity index (χ3v) is 7.76. The summed E-state index contributed by atoms with van der Waals surface area (Å²) >= 11 is 6.10. The Balaban J connectivity index is 1.18. The van der Waals surface area contributed by atoms with Gasteiger partial charge in [0.1, 0.15) is 12.4 Å². The van der Waals surface area contributed by atoms with Crippen LogP contribution in [0.25, 0.3) is 27.9 Å². The summed E-state index contributed by atoms with van der Waals surface area (Å²) in [5.74, 6) is -0.442. The Kier molecular flexibility index (Phi) is 5.81. The van der Waals surface area contributed by atoms with Crippen LogP contribution >= 0.6 is 11.6 Å². The normalized spacial score (nSPS) is 16.2. The molecule has 0 bridgehead atoms. The number of benzene rings is 2. The van der Waals surface area contributed by atoms with Crippen molar-refractivity contribution in [3.8, 4) is 27.9 Å². The first-order chi connectivity index (χ1) is 19.5. The van der Waals surface area contributed by atoms with Gasteiger partial charge in [-0.3, -0.25) is 9.48 Å². The molecule has 1 saturated carbocycles. The van der Waals surface area contributed by atoms with Gasteiger partial charge in [-0.2, -0.15) is 14.5 Å². The topological polar surface area (TPSA) is 117 Å². The van der Waals surface area contributed by atoms with Gasteiger partial charge in [0, 0.05) is 28.9 Å². The predicted octanol–water partition coefficient (Wildman–Crippen LogP) is 4.50. The smallest absolute Gasteiger partial charge is 0.227 e. The second kappa shape index (κ2) is 9.53. The molecular formula is C28H22ClFN8O2. The van der Waals surface area contributed by atoms with Crippen molar-refractivity contribution in [2.24, 2.45) is 5.92 Å². The van der Waals surface area contributed by atoms with E-state index in [1.807, 2.05) is 36.5 Å². The van der Waals surface area contributed by atoms with Crippen molar-refractivity contribution >= 4 is 23.2 Å². The van der Waals surface area contributed by atoms with Crippen molar-refractivity contribution in [1.29, 1.82) is 0 Å². The van der Waals surface area contributed by atoms with Gasteiger partial charge in [-0.05, 0) is 72.0 Å². The first-order valence-corrected chi connectivity index (χ1v) is 13.3. The first kappa shape index (κ1) is 24.4. The third kappa shape index (κ3) is 4.28. The van der Waals surface area contributed by atoms with Gasteiger partial charge in [0.05, 0.1) is 28.0 Å². The van der Waals surface area contributed by atoms with E-state index in [-0.39, 0.29) is 28.5 Å². The number of nitrogens with one attached hydrogen (secondary N) is 1. The van der Waals surface area contributed by atoms with E-state index in [2.05, 4.69) is 25.9 Å². The molecule has 10 nitrogen and oxygen atoms in total. The fourth-order valence-electron chi connectivity index (χ4n) is 5.29.